The molecule has 1 unspecified atom stereocenters. The van der Waals surface area contributed by atoms with Gasteiger partial charge in [0, 0.05) is 13.1 Å². The highest BCUT2D eigenvalue weighted by Gasteiger charge is 2.26. The standard InChI is InChI=1S/C21H24N2O5S/c1-2-23(17-8-4-3-5-9-17)29(26,27)18-13-11-16(12-14-18)21(25)28-19-10-6-7-15-22-20(19)24/h3-5,8-9,11-14,19H,2,6-7,10,15H2,1H3,(H,22,24). The van der Waals surface area contributed by atoms with Crippen molar-refractivity contribution in [3.63, 3.8) is 0 Å². The van der Waals surface area contributed by atoms with Gasteiger partial charge in [-0.3, -0.25) is 9.10 Å². The number of anilines is 1. The fraction of sp³-hybridized carbons (Fsp3) is 0.333. The number of para-hydroxylation sites is 1. The molecule has 0 radical (unpaired) electrons. The zero-order valence-corrected chi connectivity index (χ0v) is 17.0. The molecule has 0 aromatic heterocycles. The van der Waals surface area contributed by atoms with Gasteiger partial charge in [0.25, 0.3) is 15.9 Å². The Kier molecular flexibility index (Phi) is 6.53. The number of benzene rings is 2. The second-order valence-corrected chi connectivity index (χ2v) is 8.57. The molecular weight excluding hydrogens is 392 g/mol. The monoisotopic (exact) mass is 416 g/mol. The number of esters is 1. The predicted molar refractivity (Wildman–Crippen MR) is 109 cm³/mol. The Hall–Kier alpha value is -2.87. The number of nitrogens with one attached hydrogen (secondary N) is 1. The molecule has 154 valence electrons. The number of sulfonamides is 1. The topological polar surface area (TPSA) is 92.8 Å². The predicted octanol–water partition coefficient (Wildman–Crippen LogP) is 2.73. The Morgan fingerprint density at radius 1 is 1.10 bits per heavy atom. The number of carbonyl (C=O) groups excluding carboxylic acids is 2. The lowest BCUT2D eigenvalue weighted by Crippen LogP contribution is -2.36. The molecular formula is C21H24N2O5S. The Morgan fingerprint density at radius 2 is 1.79 bits per heavy atom. The fourth-order valence-corrected chi connectivity index (χ4v) is 4.67. The summed E-state index contributed by atoms with van der Waals surface area (Å²) in [5.41, 5.74) is 0.765. The SMILES string of the molecule is CCN(c1ccccc1)S(=O)(=O)c1ccc(C(=O)OC2CCCCNC2=O)cc1. The van der Waals surface area contributed by atoms with Crippen LogP contribution in [0, 0.1) is 0 Å². The van der Waals surface area contributed by atoms with Crippen LogP contribution in [-0.2, 0) is 19.6 Å². The highest BCUT2D eigenvalue weighted by Crippen LogP contribution is 2.23. The van der Waals surface area contributed by atoms with Crippen molar-refractivity contribution in [2.45, 2.75) is 37.2 Å². The van der Waals surface area contributed by atoms with Crippen LogP contribution in [0.15, 0.2) is 59.5 Å². The molecule has 2 aromatic rings. The van der Waals surface area contributed by atoms with Crippen molar-refractivity contribution in [3.05, 3.63) is 60.2 Å². The van der Waals surface area contributed by atoms with E-state index in [1.165, 1.54) is 28.6 Å². The third-order valence-electron chi connectivity index (χ3n) is 4.74. The minimum Gasteiger partial charge on any atom is -0.449 e. The van der Waals surface area contributed by atoms with Gasteiger partial charge in [-0.05, 0) is 62.6 Å². The van der Waals surface area contributed by atoms with Crippen LogP contribution in [0.2, 0.25) is 0 Å². The Labute approximate surface area is 170 Å². The molecule has 1 N–H and O–H groups in total. The molecule has 1 amide bonds. The van der Waals surface area contributed by atoms with Crippen LogP contribution in [-0.4, -0.2) is 39.5 Å². The maximum absolute atomic E-state index is 13.0. The lowest BCUT2D eigenvalue weighted by Gasteiger charge is -2.23. The van der Waals surface area contributed by atoms with Gasteiger partial charge in [-0.25, -0.2) is 13.2 Å². The van der Waals surface area contributed by atoms with E-state index in [1.54, 1.807) is 31.2 Å². The number of nitrogens with zero attached hydrogens (tertiary/aromatic N) is 1. The highest BCUT2D eigenvalue weighted by atomic mass is 32.2. The van der Waals surface area contributed by atoms with Gasteiger partial charge in [0.05, 0.1) is 16.1 Å². The fourth-order valence-electron chi connectivity index (χ4n) is 3.20. The van der Waals surface area contributed by atoms with Crippen molar-refractivity contribution >= 4 is 27.6 Å². The van der Waals surface area contributed by atoms with Gasteiger partial charge < -0.3 is 10.1 Å². The summed E-state index contributed by atoms with van der Waals surface area (Å²) < 4.78 is 32.6. The quantitative estimate of drug-likeness (QED) is 0.731. The summed E-state index contributed by atoms with van der Waals surface area (Å²) in [5, 5.41) is 2.71. The summed E-state index contributed by atoms with van der Waals surface area (Å²) >= 11 is 0. The number of hydrogen-bond acceptors (Lipinski definition) is 5. The number of amides is 1. The summed E-state index contributed by atoms with van der Waals surface area (Å²) in [4.78, 5) is 24.4. The Morgan fingerprint density at radius 3 is 2.45 bits per heavy atom. The molecule has 1 atom stereocenters. The number of hydrogen-bond donors (Lipinski definition) is 1. The number of rotatable bonds is 6. The lowest BCUT2D eigenvalue weighted by atomic mass is 10.1. The van der Waals surface area contributed by atoms with E-state index >= 15 is 0 Å². The first-order chi connectivity index (χ1) is 13.9. The van der Waals surface area contributed by atoms with E-state index in [0.29, 0.717) is 18.7 Å². The smallest absolute Gasteiger partial charge is 0.338 e. The zero-order valence-electron chi connectivity index (χ0n) is 16.2. The van der Waals surface area contributed by atoms with Gasteiger partial charge in [-0.15, -0.1) is 0 Å². The highest BCUT2D eigenvalue weighted by molar-refractivity contribution is 7.92. The van der Waals surface area contributed by atoms with Crippen molar-refractivity contribution in [1.29, 1.82) is 0 Å². The van der Waals surface area contributed by atoms with Gasteiger partial charge in [-0.1, -0.05) is 18.2 Å². The molecule has 0 saturated carbocycles. The van der Waals surface area contributed by atoms with Crippen molar-refractivity contribution in [2.24, 2.45) is 0 Å². The summed E-state index contributed by atoms with van der Waals surface area (Å²) in [6.45, 7) is 2.61. The maximum Gasteiger partial charge on any atom is 0.338 e. The van der Waals surface area contributed by atoms with Crippen molar-refractivity contribution in [2.75, 3.05) is 17.4 Å². The molecule has 1 fully saturated rings. The van der Waals surface area contributed by atoms with Crippen molar-refractivity contribution < 1.29 is 22.7 Å². The summed E-state index contributed by atoms with van der Waals surface area (Å²) in [5.74, 6) is -0.942. The largest absolute Gasteiger partial charge is 0.449 e. The number of carbonyl (C=O) groups is 2. The normalized spacial score (nSPS) is 17.1. The average molecular weight is 416 g/mol. The molecule has 1 saturated heterocycles. The van der Waals surface area contributed by atoms with Crippen LogP contribution in [0.3, 0.4) is 0 Å². The van der Waals surface area contributed by atoms with Crippen LogP contribution in [0.1, 0.15) is 36.5 Å². The summed E-state index contributed by atoms with van der Waals surface area (Å²) in [6, 6.07) is 14.4. The van der Waals surface area contributed by atoms with Gasteiger partial charge in [0.15, 0.2) is 6.10 Å². The Bertz CT molecular complexity index is 958. The van der Waals surface area contributed by atoms with E-state index in [4.69, 9.17) is 4.74 Å². The molecule has 8 heteroatoms. The first kappa shape index (κ1) is 20.9. The zero-order chi connectivity index (χ0) is 20.9. The average Bonchev–Trinajstić information content (AvgIpc) is 2.93. The molecule has 0 bridgehead atoms. The molecule has 0 aliphatic carbocycles. The number of ether oxygens (including phenoxy) is 1. The molecule has 7 nitrogen and oxygen atoms in total. The lowest BCUT2D eigenvalue weighted by molar-refractivity contribution is -0.129. The van der Waals surface area contributed by atoms with Crippen LogP contribution in [0.25, 0.3) is 0 Å². The molecule has 3 rings (SSSR count). The van der Waals surface area contributed by atoms with Gasteiger partial charge in [-0.2, -0.15) is 0 Å². The molecule has 29 heavy (non-hydrogen) atoms. The molecule has 0 spiro atoms. The van der Waals surface area contributed by atoms with E-state index in [2.05, 4.69) is 5.32 Å². The van der Waals surface area contributed by atoms with Crippen LogP contribution in [0.4, 0.5) is 5.69 Å². The minimum atomic E-state index is -3.77. The molecule has 1 aliphatic heterocycles. The van der Waals surface area contributed by atoms with E-state index < -0.39 is 22.1 Å². The van der Waals surface area contributed by atoms with Gasteiger partial charge in [0.2, 0.25) is 0 Å². The molecule has 1 heterocycles. The third-order valence-corrected chi connectivity index (χ3v) is 6.66. The minimum absolute atomic E-state index is 0.0759. The van der Waals surface area contributed by atoms with Gasteiger partial charge >= 0.3 is 5.97 Å². The van der Waals surface area contributed by atoms with Crippen molar-refractivity contribution in [3.8, 4) is 0 Å². The second kappa shape index (κ2) is 9.09. The maximum atomic E-state index is 13.0. The van der Waals surface area contributed by atoms with E-state index in [9.17, 15) is 18.0 Å². The molecule has 1 aliphatic rings. The third kappa shape index (κ3) is 4.76. The van der Waals surface area contributed by atoms with E-state index in [0.717, 1.165) is 12.8 Å². The van der Waals surface area contributed by atoms with Crippen LogP contribution in [0.5, 0.6) is 0 Å². The first-order valence-corrected chi connectivity index (χ1v) is 11.0. The summed E-state index contributed by atoms with van der Waals surface area (Å²) in [6.07, 6.45) is 1.30. The Balaban J connectivity index is 1.76. The van der Waals surface area contributed by atoms with Crippen LogP contribution >= 0.6 is 0 Å². The summed E-state index contributed by atoms with van der Waals surface area (Å²) in [7, 11) is -3.77. The first-order valence-electron chi connectivity index (χ1n) is 9.60. The van der Waals surface area contributed by atoms with Crippen molar-refractivity contribution in [1.82, 2.24) is 5.32 Å². The van der Waals surface area contributed by atoms with Crippen LogP contribution < -0.4 is 9.62 Å². The second-order valence-electron chi connectivity index (χ2n) is 6.71. The molecule has 2 aromatic carbocycles. The van der Waals surface area contributed by atoms with E-state index in [-0.39, 0.29) is 22.9 Å². The van der Waals surface area contributed by atoms with Gasteiger partial charge in [0.1, 0.15) is 0 Å². The van der Waals surface area contributed by atoms with E-state index in [1.807, 2.05) is 6.07 Å².